The molecule has 0 saturated carbocycles. The normalized spacial score (nSPS) is 11.9. The number of nitrogens with zero attached hydrogens (tertiary/aromatic N) is 2. The van der Waals surface area contributed by atoms with Gasteiger partial charge < -0.3 is 5.32 Å². The molecule has 0 heterocycles. The number of hydrogen-bond acceptors (Lipinski definition) is 2. The molecule has 0 aromatic heterocycles. The van der Waals surface area contributed by atoms with Crippen LogP contribution in [0.25, 0.3) is 0 Å². The summed E-state index contributed by atoms with van der Waals surface area (Å²) in [5, 5.41) is 3.03. The van der Waals surface area contributed by atoms with Crippen molar-refractivity contribution in [2.45, 2.75) is 91.9 Å². The zero-order valence-electron chi connectivity index (χ0n) is 19.8. The van der Waals surface area contributed by atoms with Crippen LogP contribution >= 0.6 is 0 Å². The fourth-order valence-electron chi connectivity index (χ4n) is 3.59. The Balaban J connectivity index is 0.00000379. The summed E-state index contributed by atoms with van der Waals surface area (Å²) in [6.45, 7) is 13.2. The smallest absolute Gasteiger partial charge is 0.251 e. The van der Waals surface area contributed by atoms with E-state index in [0.29, 0.717) is 5.56 Å². The molecule has 1 aromatic rings. The van der Waals surface area contributed by atoms with Crippen molar-refractivity contribution in [2.24, 2.45) is 9.98 Å². The number of benzene rings is 1. The van der Waals surface area contributed by atoms with Gasteiger partial charge in [-0.25, -0.2) is 4.99 Å². The summed E-state index contributed by atoms with van der Waals surface area (Å²) >= 11 is 0. The van der Waals surface area contributed by atoms with Crippen LogP contribution in [0, 0.1) is 0 Å². The molecule has 29 heavy (non-hydrogen) atoms. The Labute approximate surface area is 179 Å². The maximum absolute atomic E-state index is 12.4. The molecule has 0 spiro atoms. The summed E-state index contributed by atoms with van der Waals surface area (Å²) in [5.41, 5.74) is 1.66. The average Bonchev–Trinajstić information content (AvgIpc) is 2.78. The first-order chi connectivity index (χ1) is 14.1. The van der Waals surface area contributed by atoms with Crippen molar-refractivity contribution in [3.8, 4) is 0 Å². The minimum atomic E-state index is -0.213. The molecule has 0 fully saturated rings. The first-order valence-corrected chi connectivity index (χ1v) is 11.4. The summed E-state index contributed by atoms with van der Waals surface area (Å²) < 4.78 is 0. The number of carbonyl (C=O) groups excluding carboxylic acids is 1. The van der Waals surface area contributed by atoms with Crippen molar-refractivity contribution < 1.29 is 4.79 Å². The molecule has 4 nitrogen and oxygen atoms in total. The van der Waals surface area contributed by atoms with Crippen molar-refractivity contribution >= 4 is 18.0 Å². The van der Waals surface area contributed by atoms with Crippen molar-refractivity contribution in [2.75, 3.05) is 13.6 Å². The Morgan fingerprint density at radius 3 is 2.07 bits per heavy atom. The highest BCUT2D eigenvalue weighted by molar-refractivity contribution is 5.98. The molecule has 4 heteroatoms. The number of carbonyl (C=O) groups is 1. The van der Waals surface area contributed by atoms with Crippen LogP contribution < -0.4 is 5.32 Å². The van der Waals surface area contributed by atoms with Crippen LogP contribution in [0.5, 0.6) is 0 Å². The van der Waals surface area contributed by atoms with E-state index in [0.717, 1.165) is 37.2 Å². The predicted molar refractivity (Wildman–Crippen MR) is 129 cm³/mol. The van der Waals surface area contributed by atoms with Crippen molar-refractivity contribution in [3.05, 3.63) is 35.4 Å². The third-order valence-electron chi connectivity index (χ3n) is 5.36. The van der Waals surface area contributed by atoms with Gasteiger partial charge in [0.15, 0.2) is 0 Å². The minimum Gasteiger partial charge on any atom is -0.352 e. The van der Waals surface area contributed by atoms with Crippen LogP contribution in [0.2, 0.25) is 0 Å². The third kappa shape index (κ3) is 8.12. The third-order valence-corrected chi connectivity index (χ3v) is 5.36. The highest BCUT2D eigenvalue weighted by Crippen LogP contribution is 2.34. The molecule has 1 rings (SSSR count). The summed E-state index contributed by atoms with van der Waals surface area (Å²) in [5.74, 6) is 0.853. The van der Waals surface area contributed by atoms with Gasteiger partial charge in [0.1, 0.15) is 5.84 Å². The highest BCUT2D eigenvalue weighted by Gasteiger charge is 2.34. The van der Waals surface area contributed by atoms with Gasteiger partial charge in [0.2, 0.25) is 0 Å². The van der Waals surface area contributed by atoms with Gasteiger partial charge in [0, 0.05) is 25.4 Å². The van der Waals surface area contributed by atoms with Crippen LogP contribution in [-0.4, -0.2) is 31.5 Å². The lowest BCUT2D eigenvalue weighted by Gasteiger charge is -2.31. The minimum absolute atomic E-state index is 0.00611. The Morgan fingerprint density at radius 1 is 1.00 bits per heavy atom. The lowest BCUT2D eigenvalue weighted by molar-refractivity contribution is 0.0953. The zero-order valence-corrected chi connectivity index (χ0v) is 19.8. The first-order valence-electron chi connectivity index (χ1n) is 11.4. The number of hydrogen-bond donors (Lipinski definition) is 1. The van der Waals surface area contributed by atoms with E-state index < -0.39 is 0 Å². The van der Waals surface area contributed by atoms with E-state index in [1.807, 2.05) is 32.9 Å². The standard InChI is InChI=1S/C23H37N3O.C2H6/c1-6-10-11-12-13-18-26-21(27)19-14-16-20(17-15-19)23(7-2,8-3)22(24-5)25-9-4;1-2/h9,14-17H,6-8,10-13,18H2,1-5H3,(H,26,27);1-2H3. The van der Waals surface area contributed by atoms with Crippen molar-refractivity contribution in [1.82, 2.24) is 5.32 Å². The molecule has 0 radical (unpaired) electrons. The zero-order chi connectivity index (χ0) is 22.1. The van der Waals surface area contributed by atoms with E-state index in [9.17, 15) is 4.79 Å². The summed E-state index contributed by atoms with van der Waals surface area (Å²) in [4.78, 5) is 21.3. The first kappa shape index (κ1) is 27.0. The largest absolute Gasteiger partial charge is 0.352 e. The molecule has 0 saturated heterocycles. The summed E-state index contributed by atoms with van der Waals surface area (Å²) in [6.07, 6.45) is 9.61. The molecule has 1 amide bonds. The number of rotatable bonds is 11. The molecule has 164 valence electrons. The van der Waals surface area contributed by atoms with E-state index in [2.05, 4.69) is 48.2 Å². The van der Waals surface area contributed by atoms with Gasteiger partial charge in [0.05, 0.1) is 5.41 Å². The van der Waals surface area contributed by atoms with Crippen LogP contribution in [0.15, 0.2) is 34.3 Å². The fourth-order valence-corrected chi connectivity index (χ4v) is 3.59. The second-order valence-electron chi connectivity index (χ2n) is 6.97. The number of unbranched alkanes of at least 4 members (excludes halogenated alkanes) is 4. The number of amides is 1. The van der Waals surface area contributed by atoms with Crippen molar-refractivity contribution in [3.63, 3.8) is 0 Å². The summed E-state index contributed by atoms with van der Waals surface area (Å²) in [6, 6.07) is 7.95. The molecule has 0 bridgehead atoms. The van der Waals surface area contributed by atoms with Gasteiger partial charge in [-0.1, -0.05) is 72.4 Å². The van der Waals surface area contributed by atoms with Crippen LogP contribution in [0.1, 0.15) is 102 Å². The van der Waals surface area contributed by atoms with Crippen LogP contribution in [0.4, 0.5) is 0 Å². The average molecular weight is 402 g/mol. The Morgan fingerprint density at radius 2 is 1.59 bits per heavy atom. The molecule has 0 unspecified atom stereocenters. The number of amidine groups is 1. The van der Waals surface area contributed by atoms with Gasteiger partial charge in [-0.3, -0.25) is 9.79 Å². The van der Waals surface area contributed by atoms with Gasteiger partial charge >= 0.3 is 0 Å². The monoisotopic (exact) mass is 401 g/mol. The Kier molecular flexibility index (Phi) is 14.8. The van der Waals surface area contributed by atoms with Gasteiger partial charge in [-0.2, -0.15) is 0 Å². The molecular weight excluding hydrogens is 358 g/mol. The number of nitrogens with one attached hydrogen (secondary N) is 1. The maximum Gasteiger partial charge on any atom is 0.251 e. The molecule has 1 aromatic carbocycles. The maximum atomic E-state index is 12.4. The Hall–Kier alpha value is -1.97. The molecule has 0 atom stereocenters. The highest BCUT2D eigenvalue weighted by atomic mass is 16.1. The lowest BCUT2D eigenvalue weighted by Crippen LogP contribution is -2.34. The predicted octanol–water partition coefficient (Wildman–Crippen LogP) is 6.59. The van der Waals surface area contributed by atoms with Gasteiger partial charge in [-0.05, 0) is 43.9 Å². The second-order valence-corrected chi connectivity index (χ2v) is 6.97. The molecule has 0 aliphatic rings. The van der Waals surface area contributed by atoms with E-state index in [1.165, 1.54) is 25.7 Å². The van der Waals surface area contributed by atoms with E-state index in [4.69, 9.17) is 0 Å². The molecule has 0 aliphatic carbocycles. The van der Waals surface area contributed by atoms with Crippen LogP contribution in [0.3, 0.4) is 0 Å². The lowest BCUT2D eigenvalue weighted by atomic mass is 9.74. The van der Waals surface area contributed by atoms with Gasteiger partial charge in [-0.15, -0.1) is 0 Å². The van der Waals surface area contributed by atoms with E-state index >= 15 is 0 Å². The van der Waals surface area contributed by atoms with Crippen LogP contribution in [-0.2, 0) is 5.41 Å². The van der Waals surface area contributed by atoms with Gasteiger partial charge in [0.25, 0.3) is 5.91 Å². The molecule has 0 aliphatic heterocycles. The summed E-state index contributed by atoms with van der Waals surface area (Å²) in [7, 11) is 1.80. The quantitative estimate of drug-likeness (QED) is 0.254. The van der Waals surface area contributed by atoms with E-state index in [-0.39, 0.29) is 11.3 Å². The molecule has 1 N–H and O–H groups in total. The second kappa shape index (κ2) is 15.9. The van der Waals surface area contributed by atoms with E-state index in [1.54, 1.807) is 13.3 Å². The SMILES string of the molecule is CC.CC=NC(=NC)C(CC)(CC)c1ccc(C(=O)NCCCCCCC)cc1. The fraction of sp³-hybridized carbons (Fsp3) is 0.640. The number of aliphatic imine (C=N–C) groups is 2. The van der Waals surface area contributed by atoms with Crippen molar-refractivity contribution in [1.29, 1.82) is 0 Å². The molecular formula is C25H43N3O. The topological polar surface area (TPSA) is 53.8 Å². The Bertz CT molecular complexity index is 613.